The van der Waals surface area contributed by atoms with Crippen LogP contribution in [0.2, 0.25) is 0 Å². The van der Waals surface area contributed by atoms with E-state index in [1.54, 1.807) is 0 Å². The normalized spacial score (nSPS) is 11.1. The van der Waals surface area contributed by atoms with Gasteiger partial charge in [0.05, 0.1) is 0 Å². The molecule has 0 aromatic heterocycles. The summed E-state index contributed by atoms with van der Waals surface area (Å²) in [4.78, 5) is 23.8. The van der Waals surface area contributed by atoms with E-state index < -0.39 is 0 Å². The predicted molar refractivity (Wildman–Crippen MR) is 31.0 cm³/mol. The zero-order chi connectivity index (χ0) is 6.43. The van der Waals surface area contributed by atoms with Crippen LogP contribution in [0.1, 0.15) is 0 Å². The van der Waals surface area contributed by atoms with E-state index in [4.69, 9.17) is 0 Å². The second-order valence-electron chi connectivity index (χ2n) is 1.94. The minimum atomic E-state index is -0.0930. The van der Waals surface area contributed by atoms with E-state index in [1.165, 1.54) is 12.1 Å². The fourth-order valence-corrected chi connectivity index (χ4v) is 0.781. The predicted octanol–water partition coefficient (Wildman–Crippen LogP) is -0.665. The van der Waals surface area contributed by atoms with E-state index in [0.29, 0.717) is 10.7 Å². The van der Waals surface area contributed by atoms with Gasteiger partial charge < -0.3 is 4.98 Å². The average molecular weight is 121 g/mol. The van der Waals surface area contributed by atoms with Gasteiger partial charge in [0.1, 0.15) is 10.7 Å². The van der Waals surface area contributed by atoms with Crippen LogP contribution in [0.3, 0.4) is 0 Å². The SMILES string of the molecule is O=c1ccc(=O)c2[nH]c1=2. The first kappa shape index (κ1) is 4.49. The first-order valence-electron chi connectivity index (χ1n) is 2.57. The van der Waals surface area contributed by atoms with Gasteiger partial charge in [-0.05, 0) is 12.1 Å². The second-order valence-corrected chi connectivity index (χ2v) is 1.94. The van der Waals surface area contributed by atoms with Crippen LogP contribution >= 0.6 is 0 Å². The minimum absolute atomic E-state index is 0.0930. The minimum Gasteiger partial charge on any atom is -0.345 e. The van der Waals surface area contributed by atoms with Gasteiger partial charge in [0, 0.05) is 0 Å². The van der Waals surface area contributed by atoms with Gasteiger partial charge in [-0.15, -0.1) is 0 Å². The lowest BCUT2D eigenvalue weighted by Gasteiger charge is -1.63. The quantitative estimate of drug-likeness (QED) is 0.502. The average Bonchev–Trinajstić information content (AvgIpc) is 2.57. The number of rotatable bonds is 0. The number of hydrogen-bond donors (Lipinski definition) is 1. The Morgan fingerprint density at radius 3 is 1.89 bits per heavy atom. The molecule has 0 saturated carbocycles. The van der Waals surface area contributed by atoms with Crippen molar-refractivity contribution < 1.29 is 0 Å². The molecule has 1 heterocycles. The maximum Gasteiger partial charge on any atom is 0.204 e. The molecular formula is C6H3NO2. The molecule has 0 amide bonds. The Kier molecular flexibility index (Phi) is 0.563. The van der Waals surface area contributed by atoms with Crippen molar-refractivity contribution in [1.29, 1.82) is 0 Å². The first-order chi connectivity index (χ1) is 4.29. The molecular weight excluding hydrogens is 118 g/mol. The molecule has 1 aliphatic carbocycles. The molecule has 9 heavy (non-hydrogen) atoms. The van der Waals surface area contributed by atoms with Gasteiger partial charge in [0.15, 0.2) is 0 Å². The highest BCUT2D eigenvalue weighted by Gasteiger charge is 2.02. The van der Waals surface area contributed by atoms with Crippen molar-refractivity contribution in [2.24, 2.45) is 0 Å². The molecule has 2 rings (SSSR count). The fraction of sp³-hybridized carbons (Fsp3) is 0. The fourth-order valence-electron chi connectivity index (χ4n) is 0.781. The summed E-state index contributed by atoms with van der Waals surface area (Å²) in [5.41, 5.74) is -0.186. The summed E-state index contributed by atoms with van der Waals surface area (Å²) in [7, 11) is 0. The highest BCUT2D eigenvalue weighted by Crippen LogP contribution is 1.84. The van der Waals surface area contributed by atoms with Gasteiger partial charge in [0.2, 0.25) is 10.9 Å². The van der Waals surface area contributed by atoms with Crippen LogP contribution in [0, 0.1) is 10.7 Å². The Bertz CT molecular complexity index is 416. The summed E-state index contributed by atoms with van der Waals surface area (Å²) >= 11 is 0. The maximum absolute atomic E-state index is 10.6. The van der Waals surface area contributed by atoms with Gasteiger partial charge >= 0.3 is 0 Å². The highest BCUT2D eigenvalue weighted by atomic mass is 16.1. The molecule has 0 bridgehead atoms. The molecule has 1 N–H and O–H groups in total. The van der Waals surface area contributed by atoms with Crippen LogP contribution in [0.15, 0.2) is 21.7 Å². The number of hydrogen-bond acceptors (Lipinski definition) is 2. The molecule has 44 valence electrons. The van der Waals surface area contributed by atoms with E-state index >= 15 is 0 Å². The first-order valence-corrected chi connectivity index (χ1v) is 2.57. The van der Waals surface area contributed by atoms with Gasteiger partial charge in [0.25, 0.3) is 0 Å². The van der Waals surface area contributed by atoms with Gasteiger partial charge in [-0.25, -0.2) is 0 Å². The molecule has 0 radical (unpaired) electrons. The van der Waals surface area contributed by atoms with Crippen molar-refractivity contribution in [1.82, 2.24) is 4.98 Å². The largest absolute Gasteiger partial charge is 0.345 e. The Morgan fingerprint density at radius 1 is 1.00 bits per heavy atom. The monoisotopic (exact) mass is 121 g/mol. The lowest BCUT2D eigenvalue weighted by Crippen LogP contribution is -2.02. The van der Waals surface area contributed by atoms with Crippen LogP contribution < -0.4 is 10.9 Å². The number of aromatic nitrogens is 1. The summed E-state index contributed by atoms with van der Waals surface area (Å²) in [5.74, 6) is 0. The highest BCUT2D eigenvalue weighted by molar-refractivity contribution is 5.10. The summed E-state index contributed by atoms with van der Waals surface area (Å²) in [6.45, 7) is 0. The van der Waals surface area contributed by atoms with Crippen LogP contribution in [-0.4, -0.2) is 4.98 Å². The zero-order valence-corrected chi connectivity index (χ0v) is 4.47. The van der Waals surface area contributed by atoms with E-state index in [1.807, 2.05) is 0 Å². The Labute approximate surface area is 49.3 Å². The number of aromatic amines is 1. The Hall–Kier alpha value is -1.38. The number of nitrogens with one attached hydrogen (secondary N) is 1. The molecule has 0 spiro atoms. The van der Waals surface area contributed by atoms with Crippen LogP contribution in [0.4, 0.5) is 0 Å². The lowest BCUT2D eigenvalue weighted by atomic mass is 10.4. The summed E-state index contributed by atoms with van der Waals surface area (Å²) in [6.07, 6.45) is 0. The summed E-state index contributed by atoms with van der Waals surface area (Å²) < 4.78 is 0. The topological polar surface area (TPSA) is 49.9 Å². The summed E-state index contributed by atoms with van der Waals surface area (Å²) in [5, 5.41) is 0.949. The molecule has 3 heteroatoms. The van der Waals surface area contributed by atoms with Crippen LogP contribution in [0.5, 0.6) is 0 Å². The Balaban J connectivity index is 3.27. The van der Waals surface area contributed by atoms with Crippen LogP contribution in [-0.2, 0) is 0 Å². The van der Waals surface area contributed by atoms with Gasteiger partial charge in [-0.3, -0.25) is 9.59 Å². The lowest BCUT2D eigenvalue weighted by molar-refractivity contribution is 1.49. The van der Waals surface area contributed by atoms with Gasteiger partial charge in [-0.2, -0.15) is 0 Å². The van der Waals surface area contributed by atoms with Crippen LogP contribution in [0.25, 0.3) is 0 Å². The van der Waals surface area contributed by atoms with Crippen molar-refractivity contribution >= 4 is 0 Å². The molecule has 0 unspecified atom stereocenters. The summed E-state index contributed by atoms with van der Waals surface area (Å²) in [6, 6.07) is 2.56. The third kappa shape index (κ3) is 0.455. The third-order valence-corrected chi connectivity index (χ3v) is 1.32. The van der Waals surface area contributed by atoms with E-state index in [0.717, 1.165) is 0 Å². The second kappa shape index (κ2) is 1.13. The molecule has 0 atom stereocenters. The smallest absolute Gasteiger partial charge is 0.204 e. The molecule has 0 fully saturated rings. The molecule has 0 aromatic rings. The van der Waals surface area contributed by atoms with Gasteiger partial charge in [-0.1, -0.05) is 0 Å². The molecule has 2 aliphatic rings. The van der Waals surface area contributed by atoms with E-state index in [9.17, 15) is 9.59 Å². The van der Waals surface area contributed by atoms with Crippen molar-refractivity contribution in [3.05, 3.63) is 43.3 Å². The molecule has 3 nitrogen and oxygen atoms in total. The molecule has 0 aromatic carbocycles. The zero-order valence-electron chi connectivity index (χ0n) is 4.47. The standard InChI is InChI=1S/C6H3NO2/c8-3-1-2-4(9)6-5(3)7-6/h1-2,7H. The molecule has 1 aliphatic heterocycles. The molecule has 0 saturated heterocycles. The number of H-pyrrole nitrogens is 1. The third-order valence-electron chi connectivity index (χ3n) is 1.32. The van der Waals surface area contributed by atoms with E-state index in [2.05, 4.69) is 4.98 Å². The van der Waals surface area contributed by atoms with Crippen molar-refractivity contribution in [3.63, 3.8) is 0 Å². The maximum atomic E-state index is 10.6. The van der Waals surface area contributed by atoms with Crippen molar-refractivity contribution in [2.45, 2.75) is 0 Å². The Morgan fingerprint density at radius 2 is 1.44 bits per heavy atom. The van der Waals surface area contributed by atoms with Crippen molar-refractivity contribution in [2.75, 3.05) is 0 Å². The van der Waals surface area contributed by atoms with E-state index in [-0.39, 0.29) is 10.9 Å². The van der Waals surface area contributed by atoms with Crippen molar-refractivity contribution in [3.8, 4) is 0 Å².